The van der Waals surface area contributed by atoms with Crippen LogP contribution in [0.5, 0.6) is 0 Å². The largest absolute Gasteiger partial charge is 0.416 e. The lowest BCUT2D eigenvalue weighted by Crippen LogP contribution is -2.54. The monoisotopic (exact) mass is 545 g/mol. The first-order valence-electron chi connectivity index (χ1n) is 10.2. The number of nitrogens with zero attached hydrogens (tertiary/aromatic N) is 2. The van der Waals surface area contributed by atoms with Crippen LogP contribution in [0.1, 0.15) is 30.5 Å². The molecule has 4 nitrogen and oxygen atoms in total. The third-order valence-electron chi connectivity index (χ3n) is 5.75. The first-order chi connectivity index (χ1) is 14.5. The molecule has 0 aromatic heterocycles. The van der Waals surface area contributed by atoms with Gasteiger partial charge in [-0.15, -0.1) is 0 Å². The summed E-state index contributed by atoms with van der Waals surface area (Å²) in [6.07, 6.45) is -4.39. The fourth-order valence-electron chi connectivity index (χ4n) is 3.90. The highest BCUT2D eigenvalue weighted by Crippen LogP contribution is 2.35. The number of carbonyl (C=O) groups excluding carboxylic acids is 1. The van der Waals surface area contributed by atoms with Crippen molar-refractivity contribution in [3.8, 4) is 0 Å². The van der Waals surface area contributed by atoms with E-state index in [1.54, 1.807) is 6.07 Å². The second-order valence-electron chi connectivity index (χ2n) is 8.29. The van der Waals surface area contributed by atoms with E-state index in [1.807, 2.05) is 38.2 Å². The van der Waals surface area contributed by atoms with Crippen LogP contribution in [0.25, 0.3) is 0 Å². The second-order valence-corrected chi connectivity index (χ2v) is 9.54. The molecule has 0 bridgehead atoms. The van der Waals surface area contributed by atoms with E-state index in [2.05, 4.69) is 44.6 Å². The minimum atomic E-state index is -4.49. The lowest BCUT2D eigenvalue weighted by molar-refractivity contribution is -0.138. The standard InChI is InChI=1S/C23H27F3IN3O/c1-15-13-30(16(2)12-29(15)3)14-18-7-8-20(11-21(18)23(24,25)26)28-22(31)10-17-5-4-6-19(27)9-17/h4-9,11,15-16H,10,12-14H2,1-3H3,(H,28,31)/t15-,16+/m1/s1. The Bertz CT molecular complexity index is 935. The van der Waals surface area contributed by atoms with Crippen molar-refractivity contribution in [2.45, 2.75) is 45.1 Å². The molecule has 8 heteroatoms. The minimum absolute atomic E-state index is 0.108. The molecule has 0 spiro atoms. The van der Waals surface area contributed by atoms with Gasteiger partial charge in [0.15, 0.2) is 0 Å². The fourth-order valence-corrected chi connectivity index (χ4v) is 4.51. The second kappa shape index (κ2) is 9.87. The van der Waals surface area contributed by atoms with Gasteiger partial charge in [-0.1, -0.05) is 18.2 Å². The molecule has 1 N–H and O–H groups in total. The van der Waals surface area contributed by atoms with Crippen LogP contribution >= 0.6 is 22.6 Å². The van der Waals surface area contributed by atoms with Gasteiger partial charge in [-0.25, -0.2) is 0 Å². The molecule has 0 unspecified atom stereocenters. The van der Waals surface area contributed by atoms with Gasteiger partial charge in [-0.05, 0) is 78.9 Å². The third kappa shape index (κ3) is 6.43. The van der Waals surface area contributed by atoms with Crippen LogP contribution < -0.4 is 5.32 Å². The Kier molecular flexibility index (Phi) is 7.64. The number of carbonyl (C=O) groups is 1. The van der Waals surface area contributed by atoms with E-state index in [-0.39, 0.29) is 42.2 Å². The summed E-state index contributed by atoms with van der Waals surface area (Å²) < 4.78 is 42.4. The average Bonchev–Trinajstić information content (AvgIpc) is 2.66. The molecule has 1 heterocycles. The maximum atomic E-state index is 13.8. The molecule has 0 saturated carbocycles. The molecule has 3 rings (SSSR count). The van der Waals surface area contributed by atoms with Crippen molar-refractivity contribution in [1.29, 1.82) is 0 Å². The quantitative estimate of drug-likeness (QED) is 0.537. The summed E-state index contributed by atoms with van der Waals surface area (Å²) in [6.45, 7) is 5.87. The number of alkyl halides is 3. The Morgan fingerprint density at radius 2 is 1.87 bits per heavy atom. The molecule has 31 heavy (non-hydrogen) atoms. The van der Waals surface area contributed by atoms with Crippen molar-refractivity contribution in [3.05, 3.63) is 62.7 Å². The predicted octanol–water partition coefficient (Wildman–Crippen LogP) is 5.02. The molecule has 0 aliphatic carbocycles. The normalized spacial score (nSPS) is 20.6. The van der Waals surface area contributed by atoms with E-state index in [1.165, 1.54) is 6.07 Å². The maximum absolute atomic E-state index is 13.8. The summed E-state index contributed by atoms with van der Waals surface area (Å²) in [5.41, 5.74) is 0.506. The molecule has 1 saturated heterocycles. The van der Waals surface area contributed by atoms with Gasteiger partial charge in [0.2, 0.25) is 5.91 Å². The molecule has 2 atom stereocenters. The van der Waals surface area contributed by atoms with E-state index in [0.29, 0.717) is 6.54 Å². The van der Waals surface area contributed by atoms with Crippen LogP contribution in [0.15, 0.2) is 42.5 Å². The van der Waals surface area contributed by atoms with E-state index in [0.717, 1.165) is 21.7 Å². The molecule has 1 aliphatic heterocycles. The summed E-state index contributed by atoms with van der Waals surface area (Å²) in [6, 6.07) is 12.0. The van der Waals surface area contributed by atoms with Gasteiger partial charge in [-0.3, -0.25) is 9.69 Å². The SMILES string of the molecule is C[C@@H]1CN(Cc2ccc(NC(=O)Cc3cccc(I)c3)cc2C(F)(F)F)[C@@H](C)CN1C. The number of hydrogen-bond donors (Lipinski definition) is 1. The number of piperazine rings is 1. The smallest absolute Gasteiger partial charge is 0.326 e. The third-order valence-corrected chi connectivity index (χ3v) is 6.42. The Balaban J connectivity index is 1.76. The van der Waals surface area contributed by atoms with Gasteiger partial charge in [0.05, 0.1) is 12.0 Å². The molecule has 168 valence electrons. The number of likely N-dealkylation sites (N-methyl/N-ethyl adjacent to an activating group) is 1. The van der Waals surface area contributed by atoms with E-state index in [4.69, 9.17) is 0 Å². The molecule has 1 fully saturated rings. The summed E-state index contributed by atoms with van der Waals surface area (Å²) in [5, 5.41) is 2.61. The number of hydrogen-bond acceptors (Lipinski definition) is 3. The Morgan fingerprint density at radius 1 is 1.13 bits per heavy atom. The van der Waals surface area contributed by atoms with Crippen LogP contribution in [0.3, 0.4) is 0 Å². The van der Waals surface area contributed by atoms with Crippen LogP contribution in [0.2, 0.25) is 0 Å². The molecule has 0 radical (unpaired) electrons. The number of amides is 1. The highest BCUT2D eigenvalue weighted by atomic mass is 127. The van der Waals surface area contributed by atoms with Crippen LogP contribution in [-0.2, 0) is 23.9 Å². The predicted molar refractivity (Wildman–Crippen MR) is 125 cm³/mol. The number of benzene rings is 2. The summed E-state index contributed by atoms with van der Waals surface area (Å²) in [4.78, 5) is 16.7. The van der Waals surface area contributed by atoms with E-state index < -0.39 is 11.7 Å². The zero-order chi connectivity index (χ0) is 22.8. The van der Waals surface area contributed by atoms with Crippen molar-refractivity contribution in [1.82, 2.24) is 9.80 Å². The van der Waals surface area contributed by atoms with Gasteiger partial charge in [0.1, 0.15) is 0 Å². The average molecular weight is 545 g/mol. The Labute approximate surface area is 194 Å². The Morgan fingerprint density at radius 3 is 2.55 bits per heavy atom. The first kappa shape index (κ1) is 24.0. The summed E-state index contributed by atoms with van der Waals surface area (Å²) in [7, 11) is 2.04. The number of halogens is 4. The van der Waals surface area contributed by atoms with E-state index in [9.17, 15) is 18.0 Å². The molecule has 1 amide bonds. The zero-order valence-electron chi connectivity index (χ0n) is 17.8. The molecular formula is C23H27F3IN3O. The minimum Gasteiger partial charge on any atom is -0.326 e. The number of anilines is 1. The molecule has 2 aromatic rings. The van der Waals surface area contributed by atoms with Crippen molar-refractivity contribution in [3.63, 3.8) is 0 Å². The van der Waals surface area contributed by atoms with Gasteiger partial charge in [0.25, 0.3) is 0 Å². The topological polar surface area (TPSA) is 35.6 Å². The van der Waals surface area contributed by atoms with Gasteiger partial charge < -0.3 is 10.2 Å². The van der Waals surface area contributed by atoms with Crippen LogP contribution in [0.4, 0.5) is 18.9 Å². The van der Waals surface area contributed by atoms with Gasteiger partial charge in [-0.2, -0.15) is 13.2 Å². The highest BCUT2D eigenvalue weighted by molar-refractivity contribution is 14.1. The Hall–Kier alpha value is -1.65. The van der Waals surface area contributed by atoms with Crippen molar-refractivity contribution in [2.24, 2.45) is 0 Å². The van der Waals surface area contributed by atoms with Gasteiger partial charge in [0, 0.05) is 41.0 Å². The van der Waals surface area contributed by atoms with Crippen molar-refractivity contribution < 1.29 is 18.0 Å². The number of nitrogens with one attached hydrogen (secondary N) is 1. The van der Waals surface area contributed by atoms with Gasteiger partial charge >= 0.3 is 6.18 Å². The summed E-state index contributed by atoms with van der Waals surface area (Å²) in [5.74, 6) is -0.343. The maximum Gasteiger partial charge on any atom is 0.416 e. The molecular weight excluding hydrogens is 518 g/mol. The van der Waals surface area contributed by atoms with Crippen molar-refractivity contribution in [2.75, 3.05) is 25.5 Å². The number of rotatable bonds is 5. The molecule has 1 aliphatic rings. The zero-order valence-corrected chi connectivity index (χ0v) is 20.0. The van der Waals surface area contributed by atoms with E-state index >= 15 is 0 Å². The lowest BCUT2D eigenvalue weighted by Gasteiger charge is -2.42. The highest BCUT2D eigenvalue weighted by Gasteiger charge is 2.35. The lowest BCUT2D eigenvalue weighted by atomic mass is 10.0. The molecule has 2 aromatic carbocycles. The van der Waals surface area contributed by atoms with Crippen molar-refractivity contribution >= 4 is 34.2 Å². The summed E-state index contributed by atoms with van der Waals surface area (Å²) >= 11 is 2.16. The first-order valence-corrected chi connectivity index (χ1v) is 11.3. The van der Waals surface area contributed by atoms with Crippen LogP contribution in [-0.4, -0.2) is 47.9 Å². The van der Waals surface area contributed by atoms with Crippen LogP contribution in [0, 0.1) is 3.57 Å². The fraction of sp³-hybridized carbons (Fsp3) is 0.435.